The fraction of sp³-hybridized carbons (Fsp3) is 0.436. The summed E-state index contributed by atoms with van der Waals surface area (Å²) in [6, 6.07) is 29.5. The van der Waals surface area contributed by atoms with Crippen LogP contribution in [0.4, 0.5) is 0 Å². The number of nitrogens with zero attached hydrogens (tertiary/aromatic N) is 6. The molecule has 2 aliphatic heterocycles. The third kappa shape index (κ3) is 12.0. The minimum Gasteiger partial charge on any atom is -0.387 e. The summed E-state index contributed by atoms with van der Waals surface area (Å²) in [7, 11) is 0. The number of piperazine rings is 2. The first-order valence-corrected chi connectivity index (χ1v) is 17.2. The van der Waals surface area contributed by atoms with Crippen molar-refractivity contribution in [3.63, 3.8) is 0 Å². The van der Waals surface area contributed by atoms with Crippen molar-refractivity contribution in [3.8, 4) is 0 Å². The van der Waals surface area contributed by atoms with Crippen LogP contribution in [0.2, 0.25) is 0 Å². The van der Waals surface area contributed by atoms with Gasteiger partial charge in [0, 0.05) is 96.8 Å². The van der Waals surface area contributed by atoms with Crippen molar-refractivity contribution in [2.24, 2.45) is 0 Å². The van der Waals surface area contributed by atoms with E-state index in [0.717, 1.165) is 51.1 Å². The van der Waals surface area contributed by atoms with Crippen molar-refractivity contribution in [1.82, 2.24) is 29.6 Å². The van der Waals surface area contributed by atoms with Gasteiger partial charge in [-0.2, -0.15) is 0 Å². The van der Waals surface area contributed by atoms with Gasteiger partial charge in [0.05, 0.1) is 6.10 Å². The van der Waals surface area contributed by atoms with Crippen molar-refractivity contribution in [2.75, 3.05) is 78.5 Å². The topological polar surface area (TPSA) is 59.0 Å². The van der Waals surface area contributed by atoms with Gasteiger partial charge in [-0.3, -0.25) is 14.9 Å². The second-order valence-corrected chi connectivity index (χ2v) is 12.6. The minimum absolute atomic E-state index is 0.422. The first-order valence-electron chi connectivity index (χ1n) is 17.2. The molecule has 1 unspecified atom stereocenters. The fourth-order valence-corrected chi connectivity index (χ4v) is 6.28. The highest BCUT2D eigenvalue weighted by molar-refractivity contribution is 5.16. The monoisotopic (exact) mass is 620 g/mol. The Balaban J connectivity index is 0.000000181. The van der Waals surface area contributed by atoms with E-state index in [1.165, 1.54) is 68.8 Å². The Morgan fingerprint density at radius 2 is 1.00 bits per heavy atom. The Hall–Kier alpha value is -3.46. The summed E-state index contributed by atoms with van der Waals surface area (Å²) in [5.41, 5.74) is 5.16. The summed E-state index contributed by atoms with van der Waals surface area (Å²) in [6.45, 7) is 13.3. The lowest BCUT2D eigenvalue weighted by Crippen LogP contribution is -2.47. The molecule has 0 bridgehead atoms. The van der Waals surface area contributed by atoms with E-state index >= 15 is 0 Å². The third-order valence-electron chi connectivity index (χ3n) is 9.23. The summed E-state index contributed by atoms with van der Waals surface area (Å²) in [6.07, 6.45) is 11.5. The zero-order chi connectivity index (χ0) is 31.7. The molecular formula is C39H52N6O. The summed E-state index contributed by atoms with van der Waals surface area (Å²) in [5, 5.41) is 10.3. The van der Waals surface area contributed by atoms with Crippen LogP contribution in [0.5, 0.6) is 0 Å². The predicted octanol–water partition coefficient (Wildman–Crippen LogP) is 4.85. The van der Waals surface area contributed by atoms with Gasteiger partial charge in [0.1, 0.15) is 0 Å². The lowest BCUT2D eigenvalue weighted by Gasteiger charge is -2.35. The van der Waals surface area contributed by atoms with Gasteiger partial charge in [-0.05, 0) is 72.7 Å². The first-order chi connectivity index (χ1) is 22.7. The van der Waals surface area contributed by atoms with Crippen molar-refractivity contribution >= 4 is 0 Å². The number of β-amino-alcohol motifs (C(OH)–C–C–N with tert-alkyl or cyclic N) is 1. The second kappa shape index (κ2) is 19.3. The van der Waals surface area contributed by atoms with Crippen molar-refractivity contribution < 1.29 is 5.11 Å². The van der Waals surface area contributed by atoms with Gasteiger partial charge >= 0.3 is 0 Å². The molecule has 46 heavy (non-hydrogen) atoms. The standard InChI is InChI=1S/C20H27N3.C19H25N3O/c1-2-6-19(7-3-1)10-13-23-16-14-22(15-17-23)12-5-9-20-8-4-11-21-18-20;23-19(18-6-9-20-10-7-18)16-22-14-12-21(13-15-22)11-8-17-4-2-1-3-5-17/h1-4,6-8,11,18H,5,9-10,12-17H2;1-7,9-10,19,23H,8,11-16H2. The lowest BCUT2D eigenvalue weighted by molar-refractivity contribution is 0.0729. The molecule has 1 atom stereocenters. The molecular weight excluding hydrogens is 568 g/mol. The molecule has 1 N–H and O–H groups in total. The maximum absolute atomic E-state index is 10.3. The van der Waals surface area contributed by atoms with E-state index in [2.05, 4.69) is 96.3 Å². The zero-order valence-electron chi connectivity index (χ0n) is 27.4. The Morgan fingerprint density at radius 1 is 0.500 bits per heavy atom. The van der Waals surface area contributed by atoms with Gasteiger partial charge < -0.3 is 19.8 Å². The average Bonchev–Trinajstić information content (AvgIpc) is 3.13. The van der Waals surface area contributed by atoms with Gasteiger partial charge in [0.25, 0.3) is 0 Å². The van der Waals surface area contributed by atoms with Gasteiger partial charge in [-0.1, -0.05) is 66.7 Å². The molecule has 2 fully saturated rings. The van der Waals surface area contributed by atoms with Crippen LogP contribution in [0.15, 0.2) is 110 Å². The van der Waals surface area contributed by atoms with Crippen LogP contribution >= 0.6 is 0 Å². The van der Waals surface area contributed by atoms with E-state index in [9.17, 15) is 5.11 Å². The number of hydrogen-bond donors (Lipinski definition) is 1. The molecule has 2 aromatic carbocycles. The van der Waals surface area contributed by atoms with Gasteiger partial charge in [-0.25, -0.2) is 0 Å². The second-order valence-electron chi connectivity index (χ2n) is 12.6. The highest BCUT2D eigenvalue weighted by Gasteiger charge is 2.20. The van der Waals surface area contributed by atoms with Crippen LogP contribution in [0.25, 0.3) is 0 Å². The lowest BCUT2D eigenvalue weighted by atomic mass is 10.1. The molecule has 0 radical (unpaired) electrons. The molecule has 244 valence electrons. The van der Waals surface area contributed by atoms with Crippen LogP contribution in [0, 0.1) is 0 Å². The normalized spacial score (nSPS) is 17.2. The molecule has 4 heterocycles. The SMILES string of the molecule is OC(CN1CCN(CCc2ccccc2)CC1)c1ccncc1.c1ccc(CCN2CCN(CCCc3cccnc3)CC2)cc1. The predicted molar refractivity (Wildman–Crippen MR) is 188 cm³/mol. The summed E-state index contributed by atoms with van der Waals surface area (Å²) in [5.74, 6) is 0. The van der Waals surface area contributed by atoms with Gasteiger partial charge in [0.2, 0.25) is 0 Å². The Morgan fingerprint density at radius 3 is 1.52 bits per heavy atom. The number of hydrogen-bond acceptors (Lipinski definition) is 7. The fourth-order valence-electron chi connectivity index (χ4n) is 6.28. The molecule has 0 amide bonds. The molecule has 7 heteroatoms. The van der Waals surface area contributed by atoms with Crippen LogP contribution < -0.4 is 0 Å². The Kier molecular flexibility index (Phi) is 14.2. The van der Waals surface area contributed by atoms with Gasteiger partial charge in [0.15, 0.2) is 0 Å². The molecule has 7 nitrogen and oxygen atoms in total. The molecule has 4 aromatic rings. The Bertz CT molecular complexity index is 1330. The third-order valence-corrected chi connectivity index (χ3v) is 9.23. The van der Waals surface area contributed by atoms with E-state index in [1.54, 1.807) is 12.4 Å². The minimum atomic E-state index is -0.422. The molecule has 6 rings (SSSR count). The quantitative estimate of drug-likeness (QED) is 0.229. The van der Waals surface area contributed by atoms with E-state index < -0.39 is 6.10 Å². The van der Waals surface area contributed by atoms with E-state index in [0.29, 0.717) is 6.54 Å². The molecule has 2 aliphatic rings. The summed E-state index contributed by atoms with van der Waals surface area (Å²) < 4.78 is 0. The molecule has 0 aliphatic carbocycles. The molecule has 0 spiro atoms. The van der Waals surface area contributed by atoms with E-state index in [1.807, 2.05) is 30.6 Å². The maximum atomic E-state index is 10.3. The number of rotatable bonds is 13. The van der Waals surface area contributed by atoms with Crippen molar-refractivity contribution in [3.05, 3.63) is 132 Å². The first kappa shape index (κ1) is 33.9. The number of pyridine rings is 2. The largest absolute Gasteiger partial charge is 0.387 e. The van der Waals surface area contributed by atoms with Crippen molar-refractivity contribution in [2.45, 2.75) is 31.8 Å². The summed E-state index contributed by atoms with van der Waals surface area (Å²) in [4.78, 5) is 18.3. The van der Waals surface area contributed by atoms with Crippen molar-refractivity contribution in [1.29, 1.82) is 0 Å². The smallest absolute Gasteiger partial charge is 0.0918 e. The van der Waals surface area contributed by atoms with E-state index in [-0.39, 0.29) is 0 Å². The highest BCUT2D eigenvalue weighted by Crippen LogP contribution is 2.15. The van der Waals surface area contributed by atoms with Crippen LogP contribution in [0.3, 0.4) is 0 Å². The highest BCUT2D eigenvalue weighted by atomic mass is 16.3. The number of aliphatic hydroxyl groups excluding tert-OH is 1. The van der Waals surface area contributed by atoms with Crippen LogP contribution in [-0.2, 0) is 19.3 Å². The number of aromatic nitrogens is 2. The number of aliphatic hydroxyl groups is 1. The Labute approximate surface area is 276 Å². The van der Waals surface area contributed by atoms with E-state index in [4.69, 9.17) is 0 Å². The molecule has 2 saturated heterocycles. The average molecular weight is 621 g/mol. The number of aryl methyl sites for hydroxylation is 1. The maximum Gasteiger partial charge on any atom is 0.0918 e. The van der Waals surface area contributed by atoms with Crippen LogP contribution in [-0.4, -0.2) is 113 Å². The molecule has 0 saturated carbocycles. The number of benzene rings is 2. The zero-order valence-corrected chi connectivity index (χ0v) is 27.4. The molecule has 2 aromatic heterocycles. The van der Waals surface area contributed by atoms with Gasteiger partial charge in [-0.15, -0.1) is 0 Å². The summed E-state index contributed by atoms with van der Waals surface area (Å²) >= 11 is 0. The van der Waals surface area contributed by atoms with Crippen LogP contribution in [0.1, 0.15) is 34.8 Å².